The monoisotopic (exact) mass is 352 g/mol. The molecule has 6 nitrogen and oxygen atoms in total. The van der Waals surface area contributed by atoms with Gasteiger partial charge in [-0.15, -0.1) is 0 Å². The van der Waals surface area contributed by atoms with Crippen LogP contribution in [0.15, 0.2) is 12.1 Å². The maximum Gasteiger partial charge on any atom is 0.254 e. The van der Waals surface area contributed by atoms with Crippen molar-refractivity contribution < 1.29 is 19.1 Å². The third kappa shape index (κ3) is 3.15. The van der Waals surface area contributed by atoms with Crippen molar-refractivity contribution in [2.75, 3.05) is 33.0 Å². The lowest BCUT2D eigenvalue weighted by Crippen LogP contribution is -2.53. The zero-order chi connectivity index (χ0) is 17.5. The zero-order valence-electron chi connectivity index (χ0n) is 14.1. The predicted octanol–water partition coefficient (Wildman–Crippen LogP) is 2.40. The average molecular weight is 353 g/mol. The summed E-state index contributed by atoms with van der Waals surface area (Å²) in [5, 5.41) is 0.370. The molecule has 0 N–H and O–H groups in total. The number of hydrogen-bond donors (Lipinski definition) is 0. The molecule has 24 heavy (non-hydrogen) atoms. The van der Waals surface area contributed by atoms with Gasteiger partial charge >= 0.3 is 0 Å². The second kappa shape index (κ2) is 6.16. The number of piperazine rings is 1. The quantitative estimate of drug-likeness (QED) is 0.778. The first-order valence-corrected chi connectivity index (χ1v) is 8.33. The lowest BCUT2D eigenvalue weighted by atomic mass is 9.94. The van der Waals surface area contributed by atoms with Crippen LogP contribution in [0.5, 0.6) is 11.5 Å². The second-order valence-corrected chi connectivity index (χ2v) is 7.43. The van der Waals surface area contributed by atoms with Crippen molar-refractivity contribution in [2.45, 2.75) is 20.8 Å². The molecule has 2 aliphatic heterocycles. The fraction of sp³-hybridized carbons (Fsp3) is 0.529. The van der Waals surface area contributed by atoms with Crippen molar-refractivity contribution in [1.82, 2.24) is 9.80 Å². The van der Waals surface area contributed by atoms with Gasteiger partial charge in [-0.2, -0.15) is 0 Å². The van der Waals surface area contributed by atoms with Gasteiger partial charge in [0, 0.05) is 37.2 Å². The summed E-state index contributed by atoms with van der Waals surface area (Å²) in [6.45, 7) is 7.92. The van der Waals surface area contributed by atoms with E-state index in [1.54, 1.807) is 17.0 Å². The van der Waals surface area contributed by atoms with Gasteiger partial charge in [0.25, 0.3) is 5.91 Å². The molecule has 0 spiro atoms. The van der Waals surface area contributed by atoms with Crippen LogP contribution in [0.1, 0.15) is 31.1 Å². The number of amides is 2. The lowest BCUT2D eigenvalue weighted by molar-refractivity contribution is -0.140. The van der Waals surface area contributed by atoms with Crippen LogP contribution in [-0.2, 0) is 4.79 Å². The Morgan fingerprint density at radius 2 is 1.67 bits per heavy atom. The average Bonchev–Trinajstić information content (AvgIpc) is 3.02. The number of halogens is 1. The van der Waals surface area contributed by atoms with Gasteiger partial charge in [0.05, 0.1) is 5.02 Å². The summed E-state index contributed by atoms with van der Waals surface area (Å²) < 4.78 is 10.6. The molecule has 0 atom stereocenters. The summed E-state index contributed by atoms with van der Waals surface area (Å²) in [6.07, 6.45) is 0. The number of ether oxygens (including phenoxy) is 2. The Labute approximate surface area is 146 Å². The smallest absolute Gasteiger partial charge is 0.254 e. The van der Waals surface area contributed by atoms with Crippen LogP contribution in [0.25, 0.3) is 0 Å². The zero-order valence-corrected chi connectivity index (χ0v) is 14.9. The van der Waals surface area contributed by atoms with E-state index in [1.165, 1.54) is 0 Å². The van der Waals surface area contributed by atoms with Crippen molar-refractivity contribution in [1.29, 1.82) is 0 Å². The summed E-state index contributed by atoms with van der Waals surface area (Å²) in [6, 6.07) is 3.26. The first-order chi connectivity index (χ1) is 11.3. The van der Waals surface area contributed by atoms with E-state index in [0.29, 0.717) is 48.3 Å². The van der Waals surface area contributed by atoms with Crippen LogP contribution in [0.2, 0.25) is 5.02 Å². The standard InChI is InChI=1S/C17H21ClN2O4/c1-17(2,3)16(22)20-6-4-19(5-7-20)15(21)11-8-12(18)14-13(9-11)23-10-24-14/h8-9H,4-7,10H2,1-3H3. The fourth-order valence-electron chi connectivity index (χ4n) is 2.86. The number of carbonyl (C=O) groups excluding carboxylic acids is 2. The predicted molar refractivity (Wildman–Crippen MR) is 89.5 cm³/mol. The Kier molecular flexibility index (Phi) is 4.34. The molecular formula is C17H21ClN2O4. The number of carbonyl (C=O) groups is 2. The molecule has 2 amide bonds. The highest BCUT2D eigenvalue weighted by atomic mass is 35.5. The van der Waals surface area contributed by atoms with Crippen LogP contribution in [0.3, 0.4) is 0 Å². The molecule has 0 aliphatic carbocycles. The molecule has 130 valence electrons. The molecule has 2 aliphatic rings. The van der Waals surface area contributed by atoms with Crippen LogP contribution in [0.4, 0.5) is 0 Å². The highest BCUT2D eigenvalue weighted by molar-refractivity contribution is 6.32. The minimum absolute atomic E-state index is 0.111. The van der Waals surface area contributed by atoms with E-state index < -0.39 is 5.41 Å². The van der Waals surface area contributed by atoms with Crippen molar-refractivity contribution in [3.63, 3.8) is 0 Å². The number of benzene rings is 1. The van der Waals surface area contributed by atoms with Gasteiger partial charge in [-0.05, 0) is 12.1 Å². The van der Waals surface area contributed by atoms with Gasteiger partial charge in [-0.1, -0.05) is 32.4 Å². The van der Waals surface area contributed by atoms with Crippen molar-refractivity contribution in [3.8, 4) is 11.5 Å². The van der Waals surface area contributed by atoms with Crippen LogP contribution in [0, 0.1) is 5.41 Å². The summed E-state index contributed by atoms with van der Waals surface area (Å²) in [7, 11) is 0. The van der Waals surface area contributed by atoms with E-state index in [2.05, 4.69) is 0 Å². The molecule has 0 radical (unpaired) electrons. The highest BCUT2D eigenvalue weighted by Crippen LogP contribution is 2.40. The van der Waals surface area contributed by atoms with Gasteiger partial charge in [0.15, 0.2) is 11.5 Å². The summed E-state index contributed by atoms with van der Waals surface area (Å²) >= 11 is 6.14. The number of hydrogen-bond acceptors (Lipinski definition) is 4. The van der Waals surface area contributed by atoms with Crippen LogP contribution in [-0.4, -0.2) is 54.6 Å². The van der Waals surface area contributed by atoms with Crippen molar-refractivity contribution in [3.05, 3.63) is 22.7 Å². The first-order valence-electron chi connectivity index (χ1n) is 7.95. The maximum atomic E-state index is 12.7. The van der Waals surface area contributed by atoms with E-state index in [1.807, 2.05) is 25.7 Å². The Hall–Kier alpha value is -1.95. The topological polar surface area (TPSA) is 59.1 Å². The van der Waals surface area contributed by atoms with Gasteiger partial charge in [-0.25, -0.2) is 0 Å². The second-order valence-electron chi connectivity index (χ2n) is 7.03. The molecule has 0 unspecified atom stereocenters. The SMILES string of the molecule is CC(C)(C)C(=O)N1CCN(C(=O)c2cc(Cl)c3c(c2)OCO3)CC1. The van der Waals surface area contributed by atoms with Crippen molar-refractivity contribution >= 4 is 23.4 Å². The summed E-state index contributed by atoms with van der Waals surface area (Å²) in [4.78, 5) is 28.6. The third-order valence-corrected chi connectivity index (χ3v) is 4.45. The van der Waals surface area contributed by atoms with Gasteiger partial charge in [-0.3, -0.25) is 9.59 Å². The molecule has 0 bridgehead atoms. The molecule has 0 aromatic heterocycles. The maximum absolute atomic E-state index is 12.7. The normalized spacial score (nSPS) is 17.2. The lowest BCUT2D eigenvalue weighted by Gasteiger charge is -2.37. The number of fused-ring (bicyclic) bond motifs is 1. The Morgan fingerprint density at radius 1 is 1.04 bits per heavy atom. The van der Waals surface area contributed by atoms with Gasteiger partial charge in [0.2, 0.25) is 12.7 Å². The van der Waals surface area contributed by atoms with Crippen LogP contribution < -0.4 is 9.47 Å². The van der Waals surface area contributed by atoms with Crippen LogP contribution >= 0.6 is 11.6 Å². The van der Waals surface area contributed by atoms with E-state index in [9.17, 15) is 9.59 Å². The molecule has 7 heteroatoms. The number of nitrogens with zero attached hydrogens (tertiary/aromatic N) is 2. The molecule has 2 heterocycles. The minimum Gasteiger partial charge on any atom is -0.454 e. The Bertz CT molecular complexity index is 676. The summed E-state index contributed by atoms with van der Waals surface area (Å²) in [5.74, 6) is 0.972. The molecular weight excluding hydrogens is 332 g/mol. The van der Waals surface area contributed by atoms with Crippen molar-refractivity contribution in [2.24, 2.45) is 5.41 Å². The Balaban J connectivity index is 1.68. The third-order valence-electron chi connectivity index (χ3n) is 4.17. The molecule has 0 saturated carbocycles. The first kappa shape index (κ1) is 16.9. The van der Waals surface area contributed by atoms with E-state index >= 15 is 0 Å². The minimum atomic E-state index is -0.406. The van der Waals surface area contributed by atoms with E-state index in [0.717, 1.165) is 0 Å². The molecule has 3 rings (SSSR count). The van der Waals surface area contributed by atoms with Gasteiger partial charge in [0.1, 0.15) is 0 Å². The molecule has 1 aromatic rings. The Morgan fingerprint density at radius 3 is 2.29 bits per heavy atom. The fourth-order valence-corrected chi connectivity index (χ4v) is 3.13. The largest absolute Gasteiger partial charge is 0.454 e. The molecule has 1 saturated heterocycles. The highest BCUT2D eigenvalue weighted by Gasteiger charge is 2.31. The van der Waals surface area contributed by atoms with E-state index in [-0.39, 0.29) is 18.6 Å². The molecule has 1 fully saturated rings. The van der Waals surface area contributed by atoms with E-state index in [4.69, 9.17) is 21.1 Å². The van der Waals surface area contributed by atoms with Gasteiger partial charge < -0.3 is 19.3 Å². The number of rotatable bonds is 1. The molecule has 1 aromatic carbocycles. The summed E-state index contributed by atoms with van der Waals surface area (Å²) in [5.41, 5.74) is 0.0664.